The molecule has 2 amide bonds. The minimum atomic E-state index is -3.01. The fourth-order valence-electron chi connectivity index (χ4n) is 2.39. The minimum Gasteiger partial charge on any atom is -0.324 e. The molecular weight excluding hydrogens is 312 g/mol. The van der Waals surface area contributed by atoms with Crippen molar-refractivity contribution in [3.05, 3.63) is 29.3 Å². The molecule has 0 aliphatic carbocycles. The normalized spacial score (nSPS) is 16.8. The second-order valence-corrected chi connectivity index (χ2v) is 8.08. The van der Waals surface area contributed by atoms with Gasteiger partial charge in [0.25, 0.3) is 0 Å². The van der Waals surface area contributed by atoms with Crippen molar-refractivity contribution < 1.29 is 13.2 Å². The third-order valence-corrected chi connectivity index (χ3v) is 6.28. The van der Waals surface area contributed by atoms with Crippen LogP contribution < -0.4 is 5.32 Å². The molecular formula is C14H19ClN2O3S. The van der Waals surface area contributed by atoms with Gasteiger partial charge < -0.3 is 10.2 Å². The molecule has 2 rings (SSSR count). The summed E-state index contributed by atoms with van der Waals surface area (Å²) in [5.74, 6) is 0.161. The van der Waals surface area contributed by atoms with Gasteiger partial charge in [0, 0.05) is 29.6 Å². The summed E-state index contributed by atoms with van der Waals surface area (Å²) in [5, 5.41) is 3.08. The molecule has 1 N–H and O–H groups in total. The lowest BCUT2D eigenvalue weighted by Crippen LogP contribution is -2.44. The molecule has 1 saturated heterocycles. The van der Waals surface area contributed by atoms with E-state index in [9.17, 15) is 13.2 Å². The van der Waals surface area contributed by atoms with Gasteiger partial charge in [-0.2, -0.15) is 0 Å². The van der Waals surface area contributed by atoms with Crippen LogP contribution >= 0.6 is 11.6 Å². The lowest BCUT2D eigenvalue weighted by Gasteiger charge is -2.31. The highest BCUT2D eigenvalue weighted by molar-refractivity contribution is 7.92. The zero-order valence-electron chi connectivity index (χ0n) is 11.9. The Morgan fingerprint density at radius 3 is 2.38 bits per heavy atom. The van der Waals surface area contributed by atoms with E-state index in [1.807, 2.05) is 0 Å². The molecule has 1 aromatic carbocycles. The number of sulfone groups is 1. The maximum Gasteiger partial charge on any atom is 0.321 e. The van der Waals surface area contributed by atoms with Gasteiger partial charge in [-0.1, -0.05) is 18.5 Å². The van der Waals surface area contributed by atoms with Crippen LogP contribution in [0.4, 0.5) is 10.5 Å². The zero-order chi connectivity index (χ0) is 15.5. The Labute approximate surface area is 130 Å². The number of nitrogens with one attached hydrogen (secondary N) is 1. The number of rotatable bonds is 3. The summed E-state index contributed by atoms with van der Waals surface area (Å²) >= 11 is 5.79. The van der Waals surface area contributed by atoms with E-state index in [0.29, 0.717) is 36.6 Å². The van der Waals surface area contributed by atoms with Gasteiger partial charge in [-0.15, -0.1) is 0 Å². The molecule has 116 valence electrons. The van der Waals surface area contributed by atoms with Crippen molar-refractivity contribution in [3.8, 4) is 0 Å². The van der Waals surface area contributed by atoms with E-state index in [0.717, 1.165) is 0 Å². The predicted octanol–water partition coefficient (Wildman–Crippen LogP) is 2.77. The van der Waals surface area contributed by atoms with Gasteiger partial charge in [0.15, 0.2) is 9.84 Å². The van der Waals surface area contributed by atoms with E-state index >= 15 is 0 Å². The number of carbonyl (C=O) groups is 1. The molecule has 0 spiro atoms. The first-order valence-corrected chi connectivity index (χ1v) is 9.05. The maximum absolute atomic E-state index is 12.1. The van der Waals surface area contributed by atoms with Crippen molar-refractivity contribution in [1.29, 1.82) is 0 Å². The Balaban J connectivity index is 1.90. The number of halogens is 1. The molecule has 1 heterocycles. The second kappa shape index (κ2) is 6.66. The Morgan fingerprint density at radius 2 is 1.86 bits per heavy atom. The molecule has 7 heteroatoms. The maximum atomic E-state index is 12.1. The number of piperidine rings is 1. The molecule has 0 saturated carbocycles. The SMILES string of the molecule is CCS(=O)(=O)C1CCN(C(=O)Nc2ccc(Cl)cc2)CC1. The summed E-state index contributed by atoms with van der Waals surface area (Å²) < 4.78 is 23.6. The van der Waals surface area contributed by atoms with Crippen LogP contribution in [-0.2, 0) is 9.84 Å². The summed E-state index contributed by atoms with van der Waals surface area (Å²) in [6.45, 7) is 2.58. The topological polar surface area (TPSA) is 66.5 Å². The predicted molar refractivity (Wildman–Crippen MR) is 84.5 cm³/mol. The standard InChI is InChI=1S/C14H19ClN2O3S/c1-2-21(19,20)13-7-9-17(10-8-13)14(18)16-12-5-3-11(15)4-6-12/h3-6,13H,2,7-10H2,1H3,(H,16,18). The first-order valence-electron chi connectivity index (χ1n) is 6.95. The summed E-state index contributed by atoms with van der Waals surface area (Å²) in [6, 6.07) is 6.67. The number of nitrogens with zero attached hydrogens (tertiary/aromatic N) is 1. The molecule has 1 aliphatic heterocycles. The van der Waals surface area contributed by atoms with Gasteiger partial charge in [0.05, 0.1) is 5.25 Å². The summed E-state index contributed by atoms with van der Waals surface area (Å²) in [7, 11) is -3.01. The van der Waals surface area contributed by atoms with Crippen LogP contribution in [0.2, 0.25) is 5.02 Å². The van der Waals surface area contributed by atoms with Crippen LogP contribution in [0.25, 0.3) is 0 Å². The van der Waals surface area contributed by atoms with Crippen LogP contribution in [0.3, 0.4) is 0 Å². The molecule has 0 atom stereocenters. The van der Waals surface area contributed by atoms with Crippen molar-refractivity contribution in [2.45, 2.75) is 25.0 Å². The smallest absolute Gasteiger partial charge is 0.321 e. The van der Waals surface area contributed by atoms with Gasteiger partial charge >= 0.3 is 6.03 Å². The second-order valence-electron chi connectivity index (χ2n) is 5.07. The molecule has 0 unspecified atom stereocenters. The van der Waals surface area contributed by atoms with E-state index in [2.05, 4.69) is 5.32 Å². The molecule has 1 aromatic rings. The number of anilines is 1. The number of hydrogen-bond acceptors (Lipinski definition) is 3. The van der Waals surface area contributed by atoms with Crippen LogP contribution in [-0.4, -0.2) is 43.4 Å². The quantitative estimate of drug-likeness (QED) is 0.926. The van der Waals surface area contributed by atoms with Crippen molar-refractivity contribution in [2.24, 2.45) is 0 Å². The highest BCUT2D eigenvalue weighted by Gasteiger charge is 2.30. The average molecular weight is 331 g/mol. The summed E-state index contributed by atoms with van der Waals surface area (Å²) in [4.78, 5) is 13.8. The molecule has 5 nitrogen and oxygen atoms in total. The summed E-state index contributed by atoms with van der Waals surface area (Å²) in [5.41, 5.74) is 0.674. The fraction of sp³-hybridized carbons (Fsp3) is 0.500. The zero-order valence-corrected chi connectivity index (χ0v) is 13.5. The lowest BCUT2D eigenvalue weighted by molar-refractivity contribution is 0.200. The van der Waals surface area contributed by atoms with Crippen molar-refractivity contribution >= 4 is 33.2 Å². The number of hydrogen-bond donors (Lipinski definition) is 1. The average Bonchev–Trinajstić information content (AvgIpc) is 2.49. The molecule has 0 radical (unpaired) electrons. The molecule has 1 aliphatic rings. The number of benzene rings is 1. The Hall–Kier alpha value is -1.27. The highest BCUT2D eigenvalue weighted by Crippen LogP contribution is 2.20. The first kappa shape index (κ1) is 16.1. The number of carbonyl (C=O) groups excluding carboxylic acids is 1. The van der Waals surface area contributed by atoms with E-state index in [-0.39, 0.29) is 17.0 Å². The number of urea groups is 1. The van der Waals surface area contributed by atoms with Gasteiger partial charge in [-0.3, -0.25) is 0 Å². The lowest BCUT2D eigenvalue weighted by atomic mass is 10.1. The summed E-state index contributed by atoms with van der Waals surface area (Å²) in [6.07, 6.45) is 1.01. The van der Waals surface area contributed by atoms with Crippen LogP contribution in [0, 0.1) is 0 Å². The van der Waals surface area contributed by atoms with Crippen LogP contribution in [0.1, 0.15) is 19.8 Å². The fourth-order valence-corrected chi connectivity index (χ4v) is 3.92. The van der Waals surface area contributed by atoms with Crippen molar-refractivity contribution in [1.82, 2.24) is 4.90 Å². The largest absolute Gasteiger partial charge is 0.324 e. The molecule has 21 heavy (non-hydrogen) atoms. The van der Waals surface area contributed by atoms with Gasteiger partial charge in [0.1, 0.15) is 0 Å². The van der Waals surface area contributed by atoms with Gasteiger partial charge in [-0.25, -0.2) is 13.2 Å². The Kier molecular flexibility index (Phi) is 5.11. The van der Waals surface area contributed by atoms with Crippen LogP contribution in [0.5, 0.6) is 0 Å². The minimum absolute atomic E-state index is 0.161. The first-order chi connectivity index (χ1) is 9.92. The number of amides is 2. The van der Waals surface area contributed by atoms with E-state index in [1.54, 1.807) is 36.1 Å². The Bertz CT molecular complexity index is 593. The van der Waals surface area contributed by atoms with Gasteiger partial charge in [-0.05, 0) is 37.1 Å². The number of likely N-dealkylation sites (tertiary alicyclic amines) is 1. The molecule has 0 bridgehead atoms. The third-order valence-electron chi connectivity index (χ3n) is 3.73. The van der Waals surface area contributed by atoms with E-state index < -0.39 is 9.84 Å². The van der Waals surface area contributed by atoms with Crippen LogP contribution in [0.15, 0.2) is 24.3 Å². The van der Waals surface area contributed by atoms with E-state index in [1.165, 1.54) is 0 Å². The Morgan fingerprint density at radius 1 is 1.29 bits per heavy atom. The van der Waals surface area contributed by atoms with E-state index in [4.69, 9.17) is 11.6 Å². The van der Waals surface area contributed by atoms with Crippen molar-refractivity contribution in [3.63, 3.8) is 0 Å². The third kappa shape index (κ3) is 4.11. The molecule has 1 fully saturated rings. The molecule has 0 aromatic heterocycles. The monoisotopic (exact) mass is 330 g/mol. The van der Waals surface area contributed by atoms with Crippen molar-refractivity contribution in [2.75, 3.05) is 24.2 Å². The van der Waals surface area contributed by atoms with Gasteiger partial charge in [0.2, 0.25) is 0 Å². The highest BCUT2D eigenvalue weighted by atomic mass is 35.5.